The molecule has 2 rings (SSSR count). The van der Waals surface area contributed by atoms with E-state index < -0.39 is 17.0 Å². The molecule has 0 fully saturated rings. The standard InChI is InChI=1S/C14H10Cl2F2/c1-8-10(3-2-4-11(8)15)14(16)9-5-6-12(17)13(18)7-9/h2-7,14H,1H3. The van der Waals surface area contributed by atoms with Crippen molar-refractivity contribution in [3.05, 3.63) is 69.7 Å². The summed E-state index contributed by atoms with van der Waals surface area (Å²) in [5, 5.41) is 0.0412. The van der Waals surface area contributed by atoms with Crippen LogP contribution < -0.4 is 0 Å². The maximum atomic E-state index is 13.2. The molecule has 0 bridgehead atoms. The Labute approximate surface area is 114 Å². The van der Waals surface area contributed by atoms with Crippen LogP contribution in [-0.2, 0) is 0 Å². The summed E-state index contributed by atoms with van der Waals surface area (Å²) in [5.74, 6) is -1.79. The van der Waals surface area contributed by atoms with Gasteiger partial charge in [0.2, 0.25) is 0 Å². The van der Waals surface area contributed by atoms with Crippen molar-refractivity contribution in [3.63, 3.8) is 0 Å². The van der Waals surface area contributed by atoms with Crippen molar-refractivity contribution in [1.29, 1.82) is 0 Å². The Hall–Kier alpha value is -1.12. The monoisotopic (exact) mass is 286 g/mol. The summed E-state index contributed by atoms with van der Waals surface area (Å²) in [6, 6.07) is 9.00. The molecular formula is C14H10Cl2F2. The molecule has 0 aromatic heterocycles. The molecule has 18 heavy (non-hydrogen) atoms. The first-order valence-electron chi connectivity index (χ1n) is 5.34. The lowest BCUT2D eigenvalue weighted by Crippen LogP contribution is -1.98. The summed E-state index contributed by atoms with van der Waals surface area (Å²) in [4.78, 5) is 0. The van der Waals surface area contributed by atoms with Gasteiger partial charge in [0.15, 0.2) is 11.6 Å². The molecule has 0 aliphatic heterocycles. The Bertz CT molecular complexity index is 582. The van der Waals surface area contributed by atoms with Crippen LogP contribution in [0.2, 0.25) is 5.02 Å². The second-order valence-electron chi connectivity index (χ2n) is 3.99. The Morgan fingerprint density at radius 2 is 1.78 bits per heavy atom. The van der Waals surface area contributed by atoms with Crippen LogP contribution in [0.3, 0.4) is 0 Å². The molecule has 0 spiro atoms. The second kappa shape index (κ2) is 5.25. The Morgan fingerprint density at radius 3 is 2.44 bits per heavy atom. The minimum absolute atomic E-state index is 0.501. The van der Waals surface area contributed by atoms with E-state index in [1.165, 1.54) is 6.07 Å². The molecule has 0 radical (unpaired) electrons. The van der Waals surface area contributed by atoms with Crippen molar-refractivity contribution in [2.45, 2.75) is 12.3 Å². The number of rotatable bonds is 2. The van der Waals surface area contributed by atoms with Gasteiger partial charge in [-0.2, -0.15) is 0 Å². The highest BCUT2D eigenvalue weighted by molar-refractivity contribution is 6.31. The first-order chi connectivity index (χ1) is 8.50. The number of alkyl halides is 1. The molecule has 4 heteroatoms. The van der Waals surface area contributed by atoms with Crippen LogP contribution in [0.4, 0.5) is 8.78 Å². The Kier molecular flexibility index (Phi) is 3.88. The van der Waals surface area contributed by atoms with E-state index in [0.29, 0.717) is 10.6 Å². The van der Waals surface area contributed by atoms with Crippen molar-refractivity contribution < 1.29 is 8.78 Å². The van der Waals surface area contributed by atoms with Crippen LogP contribution in [0, 0.1) is 18.6 Å². The van der Waals surface area contributed by atoms with Crippen LogP contribution in [-0.4, -0.2) is 0 Å². The van der Waals surface area contributed by atoms with E-state index in [9.17, 15) is 8.78 Å². The van der Waals surface area contributed by atoms with Gasteiger partial charge >= 0.3 is 0 Å². The minimum atomic E-state index is -0.905. The maximum absolute atomic E-state index is 13.2. The highest BCUT2D eigenvalue weighted by Crippen LogP contribution is 2.33. The lowest BCUT2D eigenvalue weighted by atomic mass is 10.00. The van der Waals surface area contributed by atoms with Gasteiger partial charge in [0.1, 0.15) is 0 Å². The molecule has 0 saturated heterocycles. The molecule has 0 aliphatic carbocycles. The number of benzene rings is 2. The number of hydrogen-bond donors (Lipinski definition) is 0. The third-order valence-electron chi connectivity index (χ3n) is 2.82. The molecule has 0 aliphatic rings. The molecule has 1 atom stereocenters. The largest absolute Gasteiger partial charge is 0.204 e. The van der Waals surface area contributed by atoms with Gasteiger partial charge in [-0.15, -0.1) is 11.6 Å². The van der Waals surface area contributed by atoms with Crippen molar-refractivity contribution in [2.75, 3.05) is 0 Å². The lowest BCUT2D eigenvalue weighted by molar-refractivity contribution is 0.507. The fourth-order valence-electron chi connectivity index (χ4n) is 1.75. The van der Waals surface area contributed by atoms with E-state index in [2.05, 4.69) is 0 Å². The molecule has 2 aromatic carbocycles. The Morgan fingerprint density at radius 1 is 1.06 bits per heavy atom. The summed E-state index contributed by atoms with van der Waals surface area (Å²) >= 11 is 12.3. The molecule has 1 unspecified atom stereocenters. The zero-order valence-electron chi connectivity index (χ0n) is 9.55. The van der Waals surface area contributed by atoms with E-state index in [0.717, 1.165) is 23.3 Å². The summed E-state index contributed by atoms with van der Waals surface area (Å²) < 4.78 is 26.0. The SMILES string of the molecule is Cc1c(Cl)cccc1C(Cl)c1ccc(F)c(F)c1. The normalized spacial score (nSPS) is 12.5. The number of hydrogen-bond acceptors (Lipinski definition) is 0. The summed E-state index contributed by atoms with van der Waals surface area (Å²) in [6.45, 7) is 1.84. The topological polar surface area (TPSA) is 0 Å². The lowest BCUT2D eigenvalue weighted by Gasteiger charge is -2.14. The van der Waals surface area contributed by atoms with Gasteiger partial charge in [-0.1, -0.05) is 29.8 Å². The fraction of sp³-hybridized carbons (Fsp3) is 0.143. The smallest absolute Gasteiger partial charge is 0.159 e. The van der Waals surface area contributed by atoms with E-state index in [4.69, 9.17) is 23.2 Å². The number of halogens is 4. The van der Waals surface area contributed by atoms with E-state index in [-0.39, 0.29) is 0 Å². The molecular weight excluding hydrogens is 277 g/mol. The predicted molar refractivity (Wildman–Crippen MR) is 70.2 cm³/mol. The maximum Gasteiger partial charge on any atom is 0.159 e. The van der Waals surface area contributed by atoms with Gasteiger partial charge in [-0.3, -0.25) is 0 Å². The quantitative estimate of drug-likeness (QED) is 0.661. The average Bonchev–Trinajstić information content (AvgIpc) is 2.35. The minimum Gasteiger partial charge on any atom is -0.204 e. The van der Waals surface area contributed by atoms with Crippen LogP contribution in [0.25, 0.3) is 0 Å². The highest BCUT2D eigenvalue weighted by atomic mass is 35.5. The van der Waals surface area contributed by atoms with Crippen LogP contribution in [0.1, 0.15) is 22.1 Å². The summed E-state index contributed by atoms with van der Waals surface area (Å²) in [6.07, 6.45) is 0. The first kappa shape index (κ1) is 13.3. The average molecular weight is 287 g/mol. The van der Waals surface area contributed by atoms with Gasteiger partial charge in [0.25, 0.3) is 0 Å². The van der Waals surface area contributed by atoms with Crippen molar-refractivity contribution in [1.82, 2.24) is 0 Å². The van der Waals surface area contributed by atoms with Gasteiger partial charge < -0.3 is 0 Å². The Balaban J connectivity index is 2.44. The van der Waals surface area contributed by atoms with E-state index in [1.807, 2.05) is 13.0 Å². The van der Waals surface area contributed by atoms with Crippen LogP contribution in [0.5, 0.6) is 0 Å². The molecule has 0 amide bonds. The highest BCUT2D eigenvalue weighted by Gasteiger charge is 2.16. The van der Waals surface area contributed by atoms with Crippen LogP contribution >= 0.6 is 23.2 Å². The zero-order valence-corrected chi connectivity index (χ0v) is 11.1. The third kappa shape index (κ3) is 2.50. The molecule has 0 heterocycles. The molecule has 94 valence electrons. The van der Waals surface area contributed by atoms with E-state index >= 15 is 0 Å². The van der Waals surface area contributed by atoms with E-state index in [1.54, 1.807) is 12.1 Å². The predicted octanol–water partition coefficient (Wildman–Crippen LogP) is 5.25. The van der Waals surface area contributed by atoms with Crippen molar-refractivity contribution >= 4 is 23.2 Å². The zero-order chi connectivity index (χ0) is 13.3. The second-order valence-corrected chi connectivity index (χ2v) is 4.83. The molecule has 2 aromatic rings. The van der Waals surface area contributed by atoms with Crippen LogP contribution in [0.15, 0.2) is 36.4 Å². The summed E-state index contributed by atoms with van der Waals surface area (Å²) in [5.41, 5.74) is 2.13. The van der Waals surface area contributed by atoms with Crippen molar-refractivity contribution in [3.8, 4) is 0 Å². The molecule has 0 nitrogen and oxygen atoms in total. The van der Waals surface area contributed by atoms with Gasteiger partial charge in [0, 0.05) is 5.02 Å². The van der Waals surface area contributed by atoms with Gasteiger partial charge in [0.05, 0.1) is 5.38 Å². The first-order valence-corrected chi connectivity index (χ1v) is 6.16. The third-order valence-corrected chi connectivity index (χ3v) is 3.72. The molecule has 0 saturated carbocycles. The summed E-state index contributed by atoms with van der Waals surface area (Å²) in [7, 11) is 0. The van der Waals surface area contributed by atoms with Gasteiger partial charge in [-0.25, -0.2) is 8.78 Å². The van der Waals surface area contributed by atoms with Gasteiger partial charge in [-0.05, 0) is 41.8 Å². The van der Waals surface area contributed by atoms with Crippen molar-refractivity contribution in [2.24, 2.45) is 0 Å². The fourth-order valence-corrected chi connectivity index (χ4v) is 2.30. The molecule has 0 N–H and O–H groups in total.